The van der Waals surface area contributed by atoms with E-state index in [1.54, 1.807) is 19.3 Å². The molecule has 3 aromatic rings. The minimum Gasteiger partial charge on any atom is -0.487 e. The predicted molar refractivity (Wildman–Crippen MR) is 99.1 cm³/mol. The van der Waals surface area contributed by atoms with Gasteiger partial charge in [0.1, 0.15) is 11.9 Å². The van der Waals surface area contributed by atoms with E-state index in [2.05, 4.69) is 29.0 Å². The minimum atomic E-state index is -0.881. The standard InChI is InChI=1S/C22H19NO2/c1-17(22(24)14-9-18-6-5-15-23-16-18)25-21-12-10-20(11-13-21)19-7-3-2-4-8-19/h2-8,10-13,15-17,22,24H,1H3/t17-,22?/m1/s1. The first-order valence-electron chi connectivity index (χ1n) is 8.14. The summed E-state index contributed by atoms with van der Waals surface area (Å²) in [4.78, 5) is 3.99. The first-order valence-corrected chi connectivity index (χ1v) is 8.14. The number of pyridine rings is 1. The highest BCUT2D eigenvalue weighted by Crippen LogP contribution is 2.22. The van der Waals surface area contributed by atoms with Crippen molar-refractivity contribution in [1.29, 1.82) is 0 Å². The molecular formula is C22H19NO2. The molecule has 124 valence electrons. The van der Waals surface area contributed by atoms with Gasteiger partial charge in [-0.3, -0.25) is 4.98 Å². The number of aromatic nitrogens is 1. The maximum Gasteiger partial charge on any atom is 0.151 e. The molecule has 0 amide bonds. The summed E-state index contributed by atoms with van der Waals surface area (Å²) in [6.07, 6.45) is 2.03. The van der Waals surface area contributed by atoms with Crippen LogP contribution in [-0.4, -0.2) is 22.3 Å². The molecule has 1 N–H and O–H groups in total. The highest BCUT2D eigenvalue weighted by atomic mass is 16.5. The normalized spacial score (nSPS) is 12.6. The first-order chi connectivity index (χ1) is 12.2. The van der Waals surface area contributed by atoms with E-state index < -0.39 is 12.2 Å². The number of benzene rings is 2. The van der Waals surface area contributed by atoms with E-state index in [4.69, 9.17) is 4.74 Å². The molecule has 0 aliphatic carbocycles. The molecule has 0 aliphatic rings. The molecule has 0 radical (unpaired) electrons. The Morgan fingerprint density at radius 1 is 0.920 bits per heavy atom. The van der Waals surface area contributed by atoms with Crippen LogP contribution >= 0.6 is 0 Å². The highest BCUT2D eigenvalue weighted by molar-refractivity contribution is 5.63. The van der Waals surface area contributed by atoms with Crippen LogP contribution in [-0.2, 0) is 0 Å². The highest BCUT2D eigenvalue weighted by Gasteiger charge is 2.13. The molecule has 0 aliphatic heterocycles. The Hall–Kier alpha value is -3.09. The zero-order valence-corrected chi connectivity index (χ0v) is 14.0. The third-order valence-corrected chi connectivity index (χ3v) is 3.75. The van der Waals surface area contributed by atoms with Crippen LogP contribution in [0.4, 0.5) is 0 Å². The maximum atomic E-state index is 10.2. The largest absolute Gasteiger partial charge is 0.487 e. The summed E-state index contributed by atoms with van der Waals surface area (Å²) in [5.74, 6) is 6.40. The molecule has 0 spiro atoms. The fourth-order valence-corrected chi connectivity index (χ4v) is 2.35. The van der Waals surface area contributed by atoms with Crippen LogP contribution < -0.4 is 4.74 Å². The fraction of sp³-hybridized carbons (Fsp3) is 0.136. The van der Waals surface area contributed by atoms with Gasteiger partial charge >= 0.3 is 0 Å². The molecule has 25 heavy (non-hydrogen) atoms. The summed E-state index contributed by atoms with van der Waals surface area (Å²) in [6, 6.07) is 21.6. The van der Waals surface area contributed by atoms with Crippen LogP contribution in [0, 0.1) is 11.8 Å². The predicted octanol–water partition coefficient (Wildman–Crippen LogP) is 3.93. The van der Waals surface area contributed by atoms with Crippen LogP contribution in [0.2, 0.25) is 0 Å². The third-order valence-electron chi connectivity index (χ3n) is 3.75. The van der Waals surface area contributed by atoms with Crippen molar-refractivity contribution in [2.45, 2.75) is 19.1 Å². The lowest BCUT2D eigenvalue weighted by Gasteiger charge is -2.17. The quantitative estimate of drug-likeness (QED) is 0.738. The van der Waals surface area contributed by atoms with Crippen molar-refractivity contribution in [3.63, 3.8) is 0 Å². The number of ether oxygens (including phenoxy) is 1. The van der Waals surface area contributed by atoms with Crippen LogP contribution in [0.3, 0.4) is 0 Å². The Morgan fingerprint density at radius 2 is 1.64 bits per heavy atom. The van der Waals surface area contributed by atoms with Gasteiger partial charge < -0.3 is 9.84 Å². The lowest BCUT2D eigenvalue weighted by Crippen LogP contribution is -2.27. The number of nitrogens with zero attached hydrogens (tertiary/aromatic N) is 1. The van der Waals surface area contributed by atoms with Gasteiger partial charge in [-0.1, -0.05) is 54.3 Å². The van der Waals surface area contributed by atoms with Gasteiger partial charge in [0, 0.05) is 18.0 Å². The van der Waals surface area contributed by atoms with Gasteiger partial charge in [0.05, 0.1) is 0 Å². The smallest absolute Gasteiger partial charge is 0.151 e. The van der Waals surface area contributed by atoms with Crippen LogP contribution in [0.15, 0.2) is 79.1 Å². The van der Waals surface area contributed by atoms with Crippen molar-refractivity contribution < 1.29 is 9.84 Å². The van der Waals surface area contributed by atoms with Crippen molar-refractivity contribution in [2.24, 2.45) is 0 Å². The van der Waals surface area contributed by atoms with Crippen LogP contribution in [0.25, 0.3) is 11.1 Å². The summed E-state index contributed by atoms with van der Waals surface area (Å²) < 4.78 is 5.79. The maximum absolute atomic E-state index is 10.2. The van der Waals surface area contributed by atoms with E-state index in [9.17, 15) is 5.11 Å². The fourth-order valence-electron chi connectivity index (χ4n) is 2.35. The summed E-state index contributed by atoms with van der Waals surface area (Å²) in [5, 5.41) is 10.2. The van der Waals surface area contributed by atoms with E-state index in [0.717, 1.165) is 16.7 Å². The van der Waals surface area contributed by atoms with Crippen molar-refractivity contribution in [3.05, 3.63) is 84.7 Å². The molecule has 2 aromatic carbocycles. The lowest BCUT2D eigenvalue weighted by molar-refractivity contribution is 0.0855. The number of aliphatic hydroxyl groups excluding tert-OH is 1. The van der Waals surface area contributed by atoms with Gasteiger partial charge in [-0.15, -0.1) is 0 Å². The Bertz CT molecular complexity index is 849. The van der Waals surface area contributed by atoms with Gasteiger partial charge in [-0.25, -0.2) is 0 Å². The molecule has 0 saturated carbocycles. The van der Waals surface area contributed by atoms with Crippen LogP contribution in [0.5, 0.6) is 5.75 Å². The summed E-state index contributed by atoms with van der Waals surface area (Å²) in [7, 11) is 0. The molecule has 0 bridgehead atoms. The second kappa shape index (κ2) is 8.14. The molecule has 3 heteroatoms. The second-order valence-corrected chi connectivity index (χ2v) is 5.67. The minimum absolute atomic E-state index is 0.438. The molecule has 0 saturated heterocycles. The molecule has 2 atom stereocenters. The molecular weight excluding hydrogens is 310 g/mol. The molecule has 1 unspecified atom stereocenters. The topological polar surface area (TPSA) is 42.4 Å². The summed E-state index contributed by atoms with van der Waals surface area (Å²) >= 11 is 0. The van der Waals surface area contributed by atoms with Gasteiger partial charge in [-0.05, 0) is 42.3 Å². The van der Waals surface area contributed by atoms with E-state index in [1.807, 2.05) is 54.6 Å². The molecule has 0 fully saturated rings. The van der Waals surface area contributed by atoms with Crippen molar-refractivity contribution in [2.75, 3.05) is 0 Å². The van der Waals surface area contributed by atoms with Gasteiger partial charge in [-0.2, -0.15) is 0 Å². The third kappa shape index (κ3) is 4.69. The Morgan fingerprint density at radius 3 is 2.32 bits per heavy atom. The molecule has 3 rings (SSSR count). The second-order valence-electron chi connectivity index (χ2n) is 5.67. The number of hydrogen-bond acceptors (Lipinski definition) is 3. The van der Waals surface area contributed by atoms with Gasteiger partial charge in [0.15, 0.2) is 6.10 Å². The summed E-state index contributed by atoms with van der Waals surface area (Å²) in [6.45, 7) is 1.80. The van der Waals surface area contributed by atoms with Crippen molar-refractivity contribution >= 4 is 0 Å². The average Bonchev–Trinajstić information content (AvgIpc) is 2.68. The van der Waals surface area contributed by atoms with E-state index in [1.165, 1.54) is 0 Å². The number of aliphatic hydroxyl groups is 1. The van der Waals surface area contributed by atoms with Crippen molar-refractivity contribution in [1.82, 2.24) is 4.98 Å². The SMILES string of the molecule is C[C@@H](Oc1ccc(-c2ccccc2)cc1)C(O)C#Cc1cccnc1. The first kappa shape index (κ1) is 16.8. The molecule has 1 aromatic heterocycles. The van der Waals surface area contributed by atoms with Gasteiger partial charge in [0.2, 0.25) is 0 Å². The zero-order valence-electron chi connectivity index (χ0n) is 14.0. The van der Waals surface area contributed by atoms with E-state index in [0.29, 0.717) is 5.75 Å². The van der Waals surface area contributed by atoms with E-state index in [-0.39, 0.29) is 0 Å². The van der Waals surface area contributed by atoms with Crippen LogP contribution in [0.1, 0.15) is 12.5 Å². The summed E-state index contributed by atoms with van der Waals surface area (Å²) in [5.41, 5.74) is 3.04. The average molecular weight is 329 g/mol. The Balaban J connectivity index is 1.63. The molecule has 3 nitrogen and oxygen atoms in total. The number of hydrogen-bond donors (Lipinski definition) is 1. The van der Waals surface area contributed by atoms with E-state index >= 15 is 0 Å². The molecule has 1 heterocycles. The Kier molecular flexibility index (Phi) is 5.46. The van der Waals surface area contributed by atoms with Gasteiger partial charge in [0.25, 0.3) is 0 Å². The monoisotopic (exact) mass is 329 g/mol. The Labute approximate surface area is 147 Å². The van der Waals surface area contributed by atoms with Crippen molar-refractivity contribution in [3.8, 4) is 28.7 Å². The lowest BCUT2D eigenvalue weighted by atomic mass is 10.1. The zero-order chi connectivity index (χ0) is 17.5. The number of rotatable bonds is 4.